The number of pyridine rings is 1. The van der Waals surface area contributed by atoms with Gasteiger partial charge >= 0.3 is 5.97 Å². The first-order valence-corrected chi connectivity index (χ1v) is 10.5. The van der Waals surface area contributed by atoms with Crippen molar-refractivity contribution in [3.8, 4) is 0 Å². The largest absolute Gasteiger partial charge is 0.477 e. The minimum absolute atomic E-state index is 0.00480. The van der Waals surface area contributed by atoms with Crippen molar-refractivity contribution in [1.29, 1.82) is 0 Å². The molecule has 3 fully saturated rings. The van der Waals surface area contributed by atoms with Gasteiger partial charge in [-0.2, -0.15) is 0 Å². The number of aromatic nitrogens is 1. The molecule has 2 saturated heterocycles. The monoisotopic (exact) mass is 418 g/mol. The van der Waals surface area contributed by atoms with Gasteiger partial charge < -0.3 is 19.3 Å². The van der Waals surface area contributed by atoms with Crippen molar-refractivity contribution in [1.82, 2.24) is 4.57 Å². The number of benzene rings is 1. The van der Waals surface area contributed by atoms with Gasteiger partial charge in [0.05, 0.1) is 17.5 Å². The number of ether oxygens (including phenoxy) is 1. The van der Waals surface area contributed by atoms with Gasteiger partial charge in [0.15, 0.2) is 5.82 Å². The van der Waals surface area contributed by atoms with E-state index < -0.39 is 28.6 Å². The Kier molecular flexibility index (Phi) is 4.57. The minimum Gasteiger partial charge on any atom is -0.477 e. The van der Waals surface area contributed by atoms with Crippen molar-refractivity contribution >= 4 is 22.6 Å². The molecule has 2 aliphatic heterocycles. The Morgan fingerprint density at radius 2 is 1.93 bits per heavy atom. The van der Waals surface area contributed by atoms with Gasteiger partial charge in [0.1, 0.15) is 17.1 Å². The predicted octanol–water partition coefficient (Wildman–Crippen LogP) is 3.71. The summed E-state index contributed by atoms with van der Waals surface area (Å²) in [5.74, 6) is -2.99. The number of anilines is 1. The van der Waals surface area contributed by atoms with E-state index in [0.717, 1.165) is 51.2 Å². The molecule has 6 nitrogen and oxygen atoms in total. The summed E-state index contributed by atoms with van der Waals surface area (Å²) in [6, 6.07) is 0.943. The van der Waals surface area contributed by atoms with Crippen molar-refractivity contribution in [2.24, 2.45) is 5.41 Å². The number of hydrogen-bond donors (Lipinski definition) is 1. The molecule has 1 aromatic heterocycles. The average Bonchev–Trinajstić information content (AvgIpc) is 3.56. The fraction of sp³-hybridized carbons (Fsp3) is 0.545. The Morgan fingerprint density at radius 3 is 2.53 bits per heavy atom. The van der Waals surface area contributed by atoms with E-state index in [2.05, 4.69) is 0 Å². The molecule has 1 spiro atoms. The summed E-state index contributed by atoms with van der Waals surface area (Å²) in [6.45, 7) is 2.51. The number of nitrogens with zero attached hydrogens (tertiary/aromatic N) is 2. The van der Waals surface area contributed by atoms with E-state index in [0.29, 0.717) is 19.7 Å². The second kappa shape index (κ2) is 7.04. The number of rotatable bonds is 3. The number of hydrogen-bond acceptors (Lipinski definition) is 4. The molecule has 0 unspecified atom stereocenters. The van der Waals surface area contributed by atoms with Crippen LogP contribution in [0.4, 0.5) is 14.5 Å². The van der Waals surface area contributed by atoms with Crippen LogP contribution in [-0.2, 0) is 4.74 Å². The summed E-state index contributed by atoms with van der Waals surface area (Å²) in [7, 11) is 0. The molecule has 30 heavy (non-hydrogen) atoms. The van der Waals surface area contributed by atoms with E-state index in [9.17, 15) is 14.7 Å². The third-order valence-electron chi connectivity index (χ3n) is 6.90. The maximum atomic E-state index is 15.7. The number of carboxylic acid groups (broad SMARTS) is 1. The highest BCUT2D eigenvalue weighted by molar-refractivity contribution is 5.94. The molecule has 1 aliphatic carbocycles. The SMILES string of the molecule is O=C(O)c1cn(C2CC2)c2c(F)c(N3CCC4(CCCOC4)CC3)c(F)cc2c1=O. The molecule has 0 atom stereocenters. The third kappa shape index (κ3) is 3.09. The number of fused-ring (bicyclic) bond motifs is 1. The molecule has 0 amide bonds. The highest BCUT2D eigenvalue weighted by Gasteiger charge is 2.38. The second-order valence-corrected chi connectivity index (χ2v) is 8.88. The van der Waals surface area contributed by atoms with Crippen molar-refractivity contribution < 1.29 is 23.4 Å². The van der Waals surface area contributed by atoms with Crippen LogP contribution in [0.15, 0.2) is 17.1 Å². The van der Waals surface area contributed by atoms with Crippen molar-refractivity contribution in [3.63, 3.8) is 0 Å². The van der Waals surface area contributed by atoms with E-state index in [1.165, 1.54) is 10.8 Å². The van der Waals surface area contributed by atoms with E-state index >= 15 is 8.78 Å². The van der Waals surface area contributed by atoms with Gasteiger partial charge in [0, 0.05) is 31.9 Å². The van der Waals surface area contributed by atoms with Crippen LogP contribution in [0.5, 0.6) is 0 Å². The molecule has 5 rings (SSSR count). The fourth-order valence-electron chi connectivity index (χ4n) is 5.02. The van der Waals surface area contributed by atoms with Crippen LogP contribution < -0.4 is 10.3 Å². The number of halogens is 2. The number of aromatic carboxylic acids is 1. The first-order valence-electron chi connectivity index (χ1n) is 10.5. The van der Waals surface area contributed by atoms with E-state index in [-0.39, 0.29) is 28.0 Å². The molecular weight excluding hydrogens is 394 g/mol. The number of carbonyl (C=O) groups is 1. The second-order valence-electron chi connectivity index (χ2n) is 8.88. The van der Waals surface area contributed by atoms with Crippen molar-refractivity contribution in [2.45, 2.75) is 44.6 Å². The molecule has 1 saturated carbocycles. The van der Waals surface area contributed by atoms with Gasteiger partial charge in [-0.15, -0.1) is 0 Å². The molecule has 3 heterocycles. The summed E-state index contributed by atoms with van der Waals surface area (Å²) in [5, 5.41) is 9.14. The van der Waals surface area contributed by atoms with Crippen molar-refractivity contribution in [3.05, 3.63) is 39.7 Å². The Balaban J connectivity index is 1.59. The lowest BCUT2D eigenvalue weighted by atomic mass is 9.74. The average molecular weight is 418 g/mol. The highest BCUT2D eigenvalue weighted by Crippen LogP contribution is 2.43. The first-order chi connectivity index (χ1) is 14.4. The van der Waals surface area contributed by atoms with E-state index in [1.54, 1.807) is 4.90 Å². The van der Waals surface area contributed by atoms with Crippen LogP contribution in [-0.4, -0.2) is 41.9 Å². The van der Waals surface area contributed by atoms with Crippen LogP contribution in [0.2, 0.25) is 0 Å². The summed E-state index contributed by atoms with van der Waals surface area (Å²) >= 11 is 0. The zero-order chi connectivity index (χ0) is 21.0. The predicted molar refractivity (Wildman–Crippen MR) is 107 cm³/mol. The maximum absolute atomic E-state index is 15.7. The van der Waals surface area contributed by atoms with Crippen molar-refractivity contribution in [2.75, 3.05) is 31.2 Å². The third-order valence-corrected chi connectivity index (χ3v) is 6.90. The molecule has 0 radical (unpaired) electrons. The molecular formula is C22H24F2N2O4. The van der Waals surface area contributed by atoms with Crippen LogP contribution in [0.1, 0.15) is 54.9 Å². The van der Waals surface area contributed by atoms with Crippen LogP contribution >= 0.6 is 0 Å². The summed E-state index contributed by atoms with van der Waals surface area (Å²) in [6.07, 6.45) is 6.44. The Hall–Kier alpha value is -2.48. The van der Waals surface area contributed by atoms with Gasteiger partial charge in [0.2, 0.25) is 5.43 Å². The lowest BCUT2D eigenvalue weighted by molar-refractivity contribution is -0.0210. The lowest BCUT2D eigenvalue weighted by Crippen LogP contribution is -2.44. The maximum Gasteiger partial charge on any atom is 0.341 e. The smallest absolute Gasteiger partial charge is 0.341 e. The first kappa shape index (κ1) is 19.5. The standard InChI is InChI=1S/C22H24F2N2O4/c23-16-10-14-18(26(13-2-3-13)11-15(20(14)27)21(28)29)17(24)19(16)25-7-5-22(6-8-25)4-1-9-30-12-22/h10-11,13H,1-9,12H2,(H,28,29). The van der Waals surface area contributed by atoms with Crippen LogP contribution in [0.3, 0.4) is 0 Å². The topological polar surface area (TPSA) is 71.8 Å². The van der Waals surface area contributed by atoms with Gasteiger partial charge in [-0.1, -0.05) is 0 Å². The molecule has 2 aromatic rings. The normalized spacial score (nSPS) is 21.3. The molecule has 1 N–H and O–H groups in total. The van der Waals surface area contributed by atoms with E-state index in [1.807, 2.05) is 0 Å². The highest BCUT2D eigenvalue weighted by atomic mass is 19.1. The molecule has 3 aliphatic rings. The molecule has 160 valence electrons. The van der Waals surface area contributed by atoms with Gasteiger partial charge in [-0.05, 0) is 50.0 Å². The molecule has 8 heteroatoms. The van der Waals surface area contributed by atoms with Gasteiger partial charge in [0.25, 0.3) is 0 Å². The Labute approximate surface area is 172 Å². The lowest BCUT2D eigenvalue weighted by Gasteiger charge is -2.44. The van der Waals surface area contributed by atoms with Gasteiger partial charge in [-0.25, -0.2) is 13.6 Å². The zero-order valence-electron chi connectivity index (χ0n) is 16.6. The number of carboxylic acids is 1. The zero-order valence-corrected chi connectivity index (χ0v) is 16.6. The van der Waals surface area contributed by atoms with Crippen LogP contribution in [0.25, 0.3) is 10.9 Å². The Morgan fingerprint density at radius 1 is 1.20 bits per heavy atom. The summed E-state index contributed by atoms with van der Waals surface area (Å²) in [5.41, 5.74) is -1.34. The minimum atomic E-state index is -1.39. The molecule has 0 bridgehead atoms. The van der Waals surface area contributed by atoms with Gasteiger partial charge in [-0.3, -0.25) is 4.79 Å². The summed E-state index contributed by atoms with van der Waals surface area (Å²) in [4.78, 5) is 25.8. The molecule has 1 aromatic carbocycles. The fourth-order valence-corrected chi connectivity index (χ4v) is 5.02. The Bertz CT molecular complexity index is 1080. The quantitative estimate of drug-likeness (QED) is 0.823. The number of piperidine rings is 1. The summed E-state index contributed by atoms with van der Waals surface area (Å²) < 4.78 is 37.9. The van der Waals surface area contributed by atoms with E-state index in [4.69, 9.17) is 4.74 Å². The van der Waals surface area contributed by atoms with Crippen LogP contribution in [0, 0.1) is 17.0 Å².